The molecular weight excluding hydrogens is 302 g/mol. The van der Waals surface area contributed by atoms with Crippen molar-refractivity contribution in [2.45, 2.75) is 33.7 Å². The third-order valence-electron chi connectivity index (χ3n) is 3.63. The van der Waals surface area contributed by atoms with Gasteiger partial charge in [-0.05, 0) is 32.4 Å². The van der Waals surface area contributed by atoms with Gasteiger partial charge in [0.25, 0.3) is 0 Å². The van der Waals surface area contributed by atoms with Crippen LogP contribution in [0.3, 0.4) is 0 Å². The van der Waals surface area contributed by atoms with Gasteiger partial charge in [0.15, 0.2) is 0 Å². The van der Waals surface area contributed by atoms with Crippen molar-refractivity contribution < 1.29 is 14.3 Å². The van der Waals surface area contributed by atoms with Gasteiger partial charge in [-0.1, -0.05) is 6.92 Å². The Morgan fingerprint density at radius 2 is 2.09 bits per heavy atom. The van der Waals surface area contributed by atoms with Crippen LogP contribution in [0, 0.1) is 0 Å². The SMILES string of the molecule is CCNC(=O)Nc1sc2c(c1C(=O)OCC)CCN(CC)C2. The first-order chi connectivity index (χ1) is 10.6. The van der Waals surface area contributed by atoms with Crippen LogP contribution in [0.15, 0.2) is 0 Å². The van der Waals surface area contributed by atoms with E-state index in [1.807, 2.05) is 6.92 Å². The Hall–Kier alpha value is -1.60. The highest BCUT2D eigenvalue weighted by Gasteiger charge is 2.29. The molecular formula is C15H23N3O3S. The fraction of sp³-hybridized carbons (Fsp3) is 0.600. The number of esters is 1. The fourth-order valence-electron chi connectivity index (χ4n) is 2.54. The Bertz CT molecular complexity index is 556. The minimum atomic E-state index is -0.350. The van der Waals surface area contributed by atoms with Crippen molar-refractivity contribution in [3.63, 3.8) is 0 Å². The van der Waals surface area contributed by atoms with E-state index in [1.54, 1.807) is 6.92 Å². The maximum absolute atomic E-state index is 12.3. The van der Waals surface area contributed by atoms with Crippen molar-refractivity contribution in [1.82, 2.24) is 10.2 Å². The number of nitrogens with one attached hydrogen (secondary N) is 2. The molecule has 1 aromatic rings. The van der Waals surface area contributed by atoms with Crippen molar-refractivity contribution in [2.24, 2.45) is 0 Å². The Balaban J connectivity index is 2.32. The van der Waals surface area contributed by atoms with E-state index in [0.29, 0.717) is 23.7 Å². The first-order valence-electron chi connectivity index (χ1n) is 7.69. The average molecular weight is 325 g/mol. The molecule has 2 N–H and O–H groups in total. The standard InChI is InChI=1S/C15H23N3O3S/c1-4-16-15(20)17-13-12(14(19)21-6-3)10-7-8-18(5-2)9-11(10)22-13/h4-9H2,1-3H3,(H2,16,17,20). The summed E-state index contributed by atoms with van der Waals surface area (Å²) in [6, 6.07) is -0.293. The van der Waals surface area contributed by atoms with E-state index in [9.17, 15) is 9.59 Å². The number of thiophene rings is 1. The monoisotopic (exact) mass is 325 g/mol. The van der Waals surface area contributed by atoms with Crippen molar-refractivity contribution in [3.05, 3.63) is 16.0 Å². The topological polar surface area (TPSA) is 70.7 Å². The van der Waals surface area contributed by atoms with E-state index in [0.717, 1.165) is 36.5 Å². The Morgan fingerprint density at radius 1 is 1.32 bits per heavy atom. The molecule has 0 spiro atoms. The average Bonchev–Trinajstić information content (AvgIpc) is 2.84. The summed E-state index contributed by atoms with van der Waals surface area (Å²) in [5.74, 6) is -0.350. The number of ether oxygens (including phenoxy) is 1. The third kappa shape index (κ3) is 3.59. The number of hydrogen-bond acceptors (Lipinski definition) is 5. The summed E-state index contributed by atoms with van der Waals surface area (Å²) in [5, 5.41) is 6.07. The van der Waals surface area contributed by atoms with Crippen LogP contribution in [0.2, 0.25) is 0 Å². The van der Waals surface area contributed by atoms with Crippen LogP contribution in [-0.4, -0.2) is 43.1 Å². The molecule has 0 unspecified atom stereocenters. The van der Waals surface area contributed by atoms with E-state index >= 15 is 0 Å². The zero-order valence-corrected chi connectivity index (χ0v) is 14.1. The largest absolute Gasteiger partial charge is 0.462 e. The molecule has 2 heterocycles. The van der Waals surface area contributed by atoms with Gasteiger partial charge in [-0.25, -0.2) is 9.59 Å². The van der Waals surface area contributed by atoms with E-state index < -0.39 is 0 Å². The summed E-state index contributed by atoms with van der Waals surface area (Å²) in [6.07, 6.45) is 0.810. The summed E-state index contributed by atoms with van der Waals surface area (Å²) in [7, 11) is 0. The smallest absolute Gasteiger partial charge is 0.341 e. The van der Waals surface area contributed by atoms with Crippen LogP contribution in [-0.2, 0) is 17.7 Å². The van der Waals surface area contributed by atoms with Crippen molar-refractivity contribution >= 4 is 28.3 Å². The number of hydrogen-bond donors (Lipinski definition) is 2. The molecule has 1 aliphatic rings. The van der Waals surface area contributed by atoms with E-state index in [4.69, 9.17) is 4.74 Å². The Labute approximate surface area is 134 Å². The summed E-state index contributed by atoms with van der Waals surface area (Å²) in [4.78, 5) is 27.6. The second-order valence-electron chi connectivity index (χ2n) is 5.03. The fourth-order valence-corrected chi connectivity index (χ4v) is 3.81. The van der Waals surface area contributed by atoms with Gasteiger partial charge >= 0.3 is 12.0 Å². The Kier molecular flexibility index (Phi) is 5.79. The molecule has 0 atom stereocenters. The van der Waals surface area contributed by atoms with Gasteiger partial charge in [-0.2, -0.15) is 0 Å². The third-order valence-corrected chi connectivity index (χ3v) is 4.76. The molecule has 0 aliphatic carbocycles. The first kappa shape index (κ1) is 16.8. The molecule has 2 amide bonds. The maximum atomic E-state index is 12.3. The van der Waals surface area contributed by atoms with Gasteiger partial charge < -0.3 is 10.1 Å². The molecule has 0 fully saturated rings. The molecule has 22 heavy (non-hydrogen) atoms. The molecule has 0 bridgehead atoms. The van der Waals surface area contributed by atoms with Crippen molar-refractivity contribution in [2.75, 3.05) is 31.6 Å². The molecule has 0 radical (unpaired) electrons. The molecule has 1 aromatic heterocycles. The lowest BCUT2D eigenvalue weighted by Gasteiger charge is -2.25. The number of rotatable bonds is 5. The van der Waals surface area contributed by atoms with Crippen molar-refractivity contribution in [1.29, 1.82) is 0 Å². The van der Waals surface area contributed by atoms with Crippen molar-refractivity contribution in [3.8, 4) is 0 Å². The molecule has 0 saturated heterocycles. The lowest BCUT2D eigenvalue weighted by atomic mass is 10.0. The number of anilines is 1. The van der Waals surface area contributed by atoms with Crippen LogP contribution in [0.25, 0.3) is 0 Å². The lowest BCUT2D eigenvalue weighted by molar-refractivity contribution is 0.0526. The minimum Gasteiger partial charge on any atom is -0.462 e. The summed E-state index contributed by atoms with van der Waals surface area (Å²) < 4.78 is 5.17. The molecule has 6 nitrogen and oxygen atoms in total. The van der Waals surface area contributed by atoms with Gasteiger partial charge in [0, 0.05) is 24.5 Å². The van der Waals surface area contributed by atoms with Gasteiger partial charge in [0.05, 0.1) is 12.2 Å². The molecule has 2 rings (SSSR count). The van der Waals surface area contributed by atoms with Gasteiger partial charge in [-0.3, -0.25) is 10.2 Å². The molecule has 0 saturated carbocycles. The summed E-state index contributed by atoms with van der Waals surface area (Å²) in [6.45, 7) is 9.34. The quantitative estimate of drug-likeness (QED) is 0.816. The highest BCUT2D eigenvalue weighted by Crippen LogP contribution is 2.37. The molecule has 7 heteroatoms. The maximum Gasteiger partial charge on any atom is 0.341 e. The number of urea groups is 1. The first-order valence-corrected chi connectivity index (χ1v) is 8.51. The van der Waals surface area contributed by atoms with Crippen LogP contribution in [0.5, 0.6) is 0 Å². The Morgan fingerprint density at radius 3 is 2.73 bits per heavy atom. The zero-order chi connectivity index (χ0) is 16.1. The number of carbonyl (C=O) groups is 2. The van der Waals surface area contributed by atoms with Crippen LogP contribution in [0.4, 0.5) is 9.80 Å². The highest BCUT2D eigenvalue weighted by atomic mass is 32.1. The van der Waals surface area contributed by atoms with Gasteiger partial charge in [-0.15, -0.1) is 11.3 Å². The molecule has 0 aromatic carbocycles. The van der Waals surface area contributed by atoms with E-state index in [2.05, 4.69) is 22.5 Å². The predicted molar refractivity (Wildman–Crippen MR) is 87.6 cm³/mol. The summed E-state index contributed by atoms with van der Waals surface area (Å²) in [5.41, 5.74) is 1.56. The number of likely N-dealkylation sites (N-methyl/N-ethyl adjacent to an activating group) is 1. The van der Waals surface area contributed by atoms with Crippen LogP contribution >= 0.6 is 11.3 Å². The van der Waals surface area contributed by atoms with Gasteiger partial charge in [0.2, 0.25) is 0 Å². The predicted octanol–water partition coefficient (Wildman–Crippen LogP) is 2.44. The zero-order valence-electron chi connectivity index (χ0n) is 13.3. The number of amides is 2. The second-order valence-corrected chi connectivity index (χ2v) is 6.14. The molecule has 1 aliphatic heterocycles. The number of fused-ring (bicyclic) bond motifs is 1. The van der Waals surface area contributed by atoms with Crippen LogP contribution in [0.1, 0.15) is 41.6 Å². The lowest BCUT2D eigenvalue weighted by Crippen LogP contribution is -2.30. The number of carbonyl (C=O) groups excluding carboxylic acids is 2. The highest BCUT2D eigenvalue weighted by molar-refractivity contribution is 7.17. The van der Waals surface area contributed by atoms with E-state index in [-0.39, 0.29) is 12.0 Å². The van der Waals surface area contributed by atoms with E-state index in [1.165, 1.54) is 11.3 Å². The second kappa shape index (κ2) is 7.60. The normalized spacial score (nSPS) is 14.3. The number of nitrogens with zero attached hydrogens (tertiary/aromatic N) is 1. The van der Waals surface area contributed by atoms with Crippen LogP contribution < -0.4 is 10.6 Å². The summed E-state index contributed by atoms with van der Waals surface area (Å²) >= 11 is 1.48. The molecule has 122 valence electrons. The minimum absolute atomic E-state index is 0.293. The van der Waals surface area contributed by atoms with Gasteiger partial charge in [0.1, 0.15) is 5.00 Å².